The number of nitrogens with zero attached hydrogens (tertiary/aromatic N) is 1. The Morgan fingerprint density at radius 3 is 2.45 bits per heavy atom. The number of anilines is 1. The van der Waals surface area contributed by atoms with Crippen molar-refractivity contribution in [3.05, 3.63) is 58.9 Å². The number of carboxylic acid groups (broad SMARTS) is 1. The topological polar surface area (TPSA) is 79.3 Å². The van der Waals surface area contributed by atoms with E-state index in [1.165, 1.54) is 18.3 Å². The Kier molecular flexibility index (Phi) is 3.79. The first-order chi connectivity index (χ1) is 9.47. The van der Waals surface area contributed by atoms with Gasteiger partial charge in [-0.25, -0.2) is 9.78 Å². The number of carboxylic acids is 1. The molecular formula is C15H14N2O3. The summed E-state index contributed by atoms with van der Waals surface area (Å²) in [7, 11) is 0. The van der Waals surface area contributed by atoms with Crippen molar-refractivity contribution >= 4 is 17.6 Å². The molecule has 2 rings (SSSR count). The van der Waals surface area contributed by atoms with Crippen LogP contribution < -0.4 is 5.32 Å². The van der Waals surface area contributed by atoms with Gasteiger partial charge in [0.05, 0.1) is 5.56 Å². The van der Waals surface area contributed by atoms with Crippen LogP contribution in [-0.4, -0.2) is 22.0 Å². The van der Waals surface area contributed by atoms with Gasteiger partial charge in [-0.2, -0.15) is 0 Å². The van der Waals surface area contributed by atoms with Crippen LogP contribution in [0.2, 0.25) is 0 Å². The third kappa shape index (κ3) is 3.00. The zero-order valence-electron chi connectivity index (χ0n) is 11.2. The Hall–Kier alpha value is -2.69. The number of hydrogen-bond donors (Lipinski definition) is 2. The molecule has 0 spiro atoms. The van der Waals surface area contributed by atoms with E-state index in [2.05, 4.69) is 10.3 Å². The Morgan fingerprint density at radius 1 is 1.15 bits per heavy atom. The zero-order valence-corrected chi connectivity index (χ0v) is 11.2. The highest BCUT2D eigenvalue weighted by molar-refractivity contribution is 6.04. The molecule has 5 nitrogen and oxygen atoms in total. The smallest absolute Gasteiger partial charge is 0.354 e. The van der Waals surface area contributed by atoms with Crippen LogP contribution >= 0.6 is 0 Å². The summed E-state index contributed by atoms with van der Waals surface area (Å²) in [5.74, 6) is -1.44. The standard InChI is InChI=1S/C15H14N2O3/c1-9-3-5-12(10(2)7-9)17-14(18)11-4-6-13(15(19)20)16-8-11/h3-8H,1-2H3,(H,17,18)(H,19,20). The molecule has 102 valence electrons. The SMILES string of the molecule is Cc1ccc(NC(=O)c2ccc(C(=O)O)nc2)c(C)c1. The van der Waals surface area contributed by atoms with Gasteiger partial charge in [0, 0.05) is 11.9 Å². The molecule has 0 bridgehead atoms. The maximum absolute atomic E-state index is 12.0. The van der Waals surface area contributed by atoms with Gasteiger partial charge in [0.1, 0.15) is 5.69 Å². The zero-order chi connectivity index (χ0) is 14.7. The number of benzene rings is 1. The largest absolute Gasteiger partial charge is 0.477 e. The summed E-state index contributed by atoms with van der Waals surface area (Å²) in [6.07, 6.45) is 1.25. The van der Waals surface area contributed by atoms with Crippen molar-refractivity contribution in [1.82, 2.24) is 4.98 Å². The lowest BCUT2D eigenvalue weighted by Crippen LogP contribution is -2.13. The van der Waals surface area contributed by atoms with E-state index in [0.29, 0.717) is 5.56 Å². The maximum Gasteiger partial charge on any atom is 0.354 e. The van der Waals surface area contributed by atoms with Gasteiger partial charge >= 0.3 is 5.97 Å². The van der Waals surface area contributed by atoms with E-state index in [1.807, 2.05) is 32.0 Å². The Morgan fingerprint density at radius 2 is 1.90 bits per heavy atom. The van der Waals surface area contributed by atoms with E-state index in [4.69, 9.17) is 5.11 Å². The van der Waals surface area contributed by atoms with Crippen molar-refractivity contribution < 1.29 is 14.7 Å². The quantitative estimate of drug-likeness (QED) is 0.898. The summed E-state index contributed by atoms with van der Waals surface area (Å²) >= 11 is 0. The monoisotopic (exact) mass is 270 g/mol. The van der Waals surface area contributed by atoms with Crippen LogP contribution in [0.15, 0.2) is 36.5 Å². The summed E-state index contributed by atoms with van der Waals surface area (Å²) in [5, 5.41) is 11.5. The predicted molar refractivity (Wildman–Crippen MR) is 75.1 cm³/mol. The fraction of sp³-hybridized carbons (Fsp3) is 0.133. The second kappa shape index (κ2) is 5.52. The lowest BCUT2D eigenvalue weighted by atomic mass is 10.1. The molecule has 0 aliphatic heterocycles. The normalized spacial score (nSPS) is 10.1. The van der Waals surface area contributed by atoms with E-state index in [9.17, 15) is 9.59 Å². The van der Waals surface area contributed by atoms with E-state index < -0.39 is 5.97 Å². The van der Waals surface area contributed by atoms with Crippen LogP contribution in [0.1, 0.15) is 32.0 Å². The van der Waals surface area contributed by atoms with Gasteiger partial charge in [-0.05, 0) is 37.6 Å². The molecule has 2 N–H and O–H groups in total. The molecule has 2 aromatic rings. The number of aromatic nitrogens is 1. The van der Waals surface area contributed by atoms with Crippen LogP contribution in [0.3, 0.4) is 0 Å². The molecular weight excluding hydrogens is 256 g/mol. The summed E-state index contributed by atoms with van der Waals surface area (Å²) in [6, 6.07) is 8.46. The summed E-state index contributed by atoms with van der Waals surface area (Å²) < 4.78 is 0. The molecule has 1 amide bonds. The Labute approximate surface area is 116 Å². The third-order valence-electron chi connectivity index (χ3n) is 2.87. The van der Waals surface area contributed by atoms with Crippen molar-refractivity contribution in [3.8, 4) is 0 Å². The lowest BCUT2D eigenvalue weighted by Gasteiger charge is -2.09. The van der Waals surface area contributed by atoms with E-state index in [-0.39, 0.29) is 11.6 Å². The van der Waals surface area contributed by atoms with Crippen molar-refractivity contribution in [3.63, 3.8) is 0 Å². The number of rotatable bonds is 3. The molecule has 5 heteroatoms. The second-order valence-corrected chi connectivity index (χ2v) is 4.51. The summed E-state index contributed by atoms with van der Waals surface area (Å²) in [4.78, 5) is 26.4. The van der Waals surface area contributed by atoms with Gasteiger partial charge < -0.3 is 10.4 Å². The number of nitrogens with one attached hydrogen (secondary N) is 1. The average Bonchev–Trinajstić information content (AvgIpc) is 2.42. The number of aromatic carboxylic acids is 1. The highest BCUT2D eigenvalue weighted by Crippen LogP contribution is 2.17. The van der Waals surface area contributed by atoms with Gasteiger partial charge in [0.25, 0.3) is 5.91 Å². The number of amides is 1. The molecule has 0 saturated heterocycles. The van der Waals surface area contributed by atoms with Gasteiger partial charge in [0.2, 0.25) is 0 Å². The number of carbonyl (C=O) groups is 2. The predicted octanol–water partition coefficient (Wildman–Crippen LogP) is 2.65. The van der Waals surface area contributed by atoms with Crippen LogP contribution in [0.25, 0.3) is 0 Å². The Bertz CT molecular complexity index is 663. The van der Waals surface area contributed by atoms with Crippen LogP contribution in [0.4, 0.5) is 5.69 Å². The first-order valence-electron chi connectivity index (χ1n) is 6.05. The lowest BCUT2D eigenvalue weighted by molar-refractivity contribution is 0.0690. The van der Waals surface area contributed by atoms with Crippen LogP contribution in [0.5, 0.6) is 0 Å². The minimum atomic E-state index is -1.12. The maximum atomic E-state index is 12.0. The Balaban J connectivity index is 2.17. The highest BCUT2D eigenvalue weighted by Gasteiger charge is 2.10. The number of aryl methyl sites for hydroxylation is 2. The third-order valence-corrected chi connectivity index (χ3v) is 2.87. The second-order valence-electron chi connectivity index (χ2n) is 4.51. The van der Waals surface area contributed by atoms with Crippen molar-refractivity contribution in [2.75, 3.05) is 5.32 Å². The fourth-order valence-electron chi connectivity index (χ4n) is 1.80. The number of pyridine rings is 1. The first-order valence-corrected chi connectivity index (χ1v) is 6.05. The van der Waals surface area contributed by atoms with E-state index in [0.717, 1.165) is 16.8 Å². The highest BCUT2D eigenvalue weighted by atomic mass is 16.4. The molecule has 0 aliphatic rings. The van der Waals surface area contributed by atoms with Crippen LogP contribution in [-0.2, 0) is 0 Å². The van der Waals surface area contributed by atoms with Gasteiger partial charge in [-0.15, -0.1) is 0 Å². The first kappa shape index (κ1) is 13.7. The molecule has 0 radical (unpaired) electrons. The van der Waals surface area contributed by atoms with Crippen molar-refractivity contribution in [2.24, 2.45) is 0 Å². The van der Waals surface area contributed by atoms with Gasteiger partial charge in [-0.3, -0.25) is 4.79 Å². The minimum absolute atomic E-state index is 0.0898. The molecule has 0 saturated carbocycles. The molecule has 20 heavy (non-hydrogen) atoms. The average molecular weight is 270 g/mol. The number of hydrogen-bond acceptors (Lipinski definition) is 3. The molecule has 0 aliphatic carbocycles. The molecule has 1 heterocycles. The molecule has 0 atom stereocenters. The number of carbonyl (C=O) groups excluding carboxylic acids is 1. The molecule has 0 fully saturated rings. The summed E-state index contributed by atoms with van der Waals surface area (Å²) in [6.45, 7) is 3.89. The fourth-order valence-corrected chi connectivity index (χ4v) is 1.80. The van der Waals surface area contributed by atoms with Gasteiger partial charge in [-0.1, -0.05) is 17.7 Å². The van der Waals surface area contributed by atoms with Gasteiger partial charge in [0.15, 0.2) is 0 Å². The van der Waals surface area contributed by atoms with E-state index in [1.54, 1.807) is 0 Å². The molecule has 1 aromatic heterocycles. The van der Waals surface area contributed by atoms with E-state index >= 15 is 0 Å². The van der Waals surface area contributed by atoms with Crippen molar-refractivity contribution in [1.29, 1.82) is 0 Å². The molecule has 0 unspecified atom stereocenters. The summed E-state index contributed by atoms with van der Waals surface area (Å²) in [5.41, 5.74) is 3.03. The minimum Gasteiger partial charge on any atom is -0.477 e. The van der Waals surface area contributed by atoms with Crippen LogP contribution in [0, 0.1) is 13.8 Å². The van der Waals surface area contributed by atoms with Crippen molar-refractivity contribution in [2.45, 2.75) is 13.8 Å². The molecule has 1 aromatic carbocycles.